The summed E-state index contributed by atoms with van der Waals surface area (Å²) in [6, 6.07) is 4.04. The Morgan fingerprint density at radius 1 is 1.59 bits per heavy atom. The maximum absolute atomic E-state index is 4.11. The molecule has 0 atom stereocenters. The lowest BCUT2D eigenvalue weighted by Crippen LogP contribution is -2.25. The number of rotatable bonds is 7. The van der Waals surface area contributed by atoms with E-state index in [1.807, 2.05) is 12.3 Å². The molecule has 0 fully saturated rings. The van der Waals surface area contributed by atoms with Crippen LogP contribution in [0.1, 0.15) is 12.5 Å². The zero-order chi connectivity index (χ0) is 12.5. The normalized spacial score (nSPS) is 10.9. The first-order valence-electron chi connectivity index (χ1n) is 5.69. The van der Waals surface area contributed by atoms with Gasteiger partial charge < -0.3 is 0 Å². The van der Waals surface area contributed by atoms with Gasteiger partial charge in [-0.1, -0.05) is 26.1 Å². The quantitative estimate of drug-likeness (QED) is 0.672. The summed E-state index contributed by atoms with van der Waals surface area (Å²) < 4.78 is 0. The van der Waals surface area contributed by atoms with E-state index < -0.39 is 0 Å². The van der Waals surface area contributed by atoms with Gasteiger partial charge in [-0.15, -0.1) is 0 Å². The summed E-state index contributed by atoms with van der Waals surface area (Å²) in [5.41, 5.74) is 2.19. The monoisotopic (exact) mass is 229 g/mol. The molecule has 0 aliphatic heterocycles. The molecule has 0 aliphatic carbocycles. The van der Waals surface area contributed by atoms with Crippen molar-refractivity contribution in [2.75, 3.05) is 13.1 Å². The minimum absolute atomic E-state index is 0.808. The molecule has 1 rings (SSSR count). The van der Waals surface area contributed by atoms with Crippen LogP contribution in [0.25, 0.3) is 0 Å². The number of nitrogens with zero attached hydrogens (tertiary/aromatic N) is 3. The van der Waals surface area contributed by atoms with Gasteiger partial charge in [0, 0.05) is 37.9 Å². The second-order valence-electron chi connectivity index (χ2n) is 3.78. The molecule has 0 amide bonds. The van der Waals surface area contributed by atoms with Crippen LogP contribution in [0.15, 0.2) is 54.4 Å². The summed E-state index contributed by atoms with van der Waals surface area (Å²) in [7, 11) is 0. The molecule has 0 saturated carbocycles. The Labute approximate surface area is 103 Å². The van der Waals surface area contributed by atoms with Crippen LogP contribution >= 0.6 is 0 Å². The smallest absolute Gasteiger partial charge is 0.0312 e. The number of likely N-dealkylation sites (N-methyl/N-ethyl adjacent to an activating group) is 1. The summed E-state index contributed by atoms with van der Waals surface area (Å²) in [5.74, 6) is 0. The molecule has 1 aromatic rings. The zero-order valence-electron chi connectivity index (χ0n) is 10.3. The molecule has 0 aliphatic rings. The van der Waals surface area contributed by atoms with Crippen molar-refractivity contribution in [1.29, 1.82) is 0 Å². The highest BCUT2D eigenvalue weighted by atomic mass is 15.1. The molecule has 1 heterocycles. The van der Waals surface area contributed by atoms with Crippen molar-refractivity contribution in [2.24, 2.45) is 4.99 Å². The topological polar surface area (TPSA) is 28.5 Å². The van der Waals surface area contributed by atoms with E-state index in [1.54, 1.807) is 12.4 Å². The van der Waals surface area contributed by atoms with Crippen LogP contribution in [-0.2, 0) is 6.54 Å². The number of pyridine rings is 1. The summed E-state index contributed by atoms with van der Waals surface area (Å²) in [5, 5.41) is 0. The fourth-order valence-corrected chi connectivity index (χ4v) is 1.52. The largest absolute Gasteiger partial charge is 0.295 e. The van der Waals surface area contributed by atoms with Gasteiger partial charge in [0.05, 0.1) is 0 Å². The van der Waals surface area contributed by atoms with Crippen molar-refractivity contribution >= 4 is 6.21 Å². The molecule has 3 heteroatoms. The highest BCUT2D eigenvalue weighted by molar-refractivity contribution is 5.78. The van der Waals surface area contributed by atoms with E-state index in [2.05, 4.69) is 41.0 Å². The van der Waals surface area contributed by atoms with Crippen LogP contribution in [0.4, 0.5) is 0 Å². The Hall–Kier alpha value is -1.74. The van der Waals surface area contributed by atoms with Crippen molar-refractivity contribution < 1.29 is 0 Å². The molecule has 90 valence electrons. The predicted molar refractivity (Wildman–Crippen MR) is 73.0 cm³/mol. The Balaban J connectivity index is 2.52. The number of hydrogen-bond acceptors (Lipinski definition) is 3. The van der Waals surface area contributed by atoms with Crippen molar-refractivity contribution in [1.82, 2.24) is 9.88 Å². The molecular weight excluding hydrogens is 210 g/mol. The zero-order valence-corrected chi connectivity index (χ0v) is 10.3. The molecule has 0 bridgehead atoms. The first kappa shape index (κ1) is 13.3. The van der Waals surface area contributed by atoms with Crippen LogP contribution in [-0.4, -0.2) is 29.2 Å². The third kappa shape index (κ3) is 5.22. The lowest BCUT2D eigenvalue weighted by Gasteiger charge is -2.20. The van der Waals surface area contributed by atoms with Gasteiger partial charge >= 0.3 is 0 Å². The second kappa shape index (κ2) is 7.52. The molecule has 0 aromatic carbocycles. The number of aliphatic imine (C=N–C) groups is 1. The Bertz CT molecular complexity index is 382. The van der Waals surface area contributed by atoms with E-state index in [0.29, 0.717) is 0 Å². The van der Waals surface area contributed by atoms with Crippen molar-refractivity contribution in [3.8, 4) is 0 Å². The highest BCUT2D eigenvalue weighted by Crippen LogP contribution is 2.04. The first-order chi connectivity index (χ1) is 8.26. The van der Waals surface area contributed by atoms with Gasteiger partial charge in [-0.2, -0.15) is 0 Å². The van der Waals surface area contributed by atoms with Gasteiger partial charge in [-0.25, -0.2) is 0 Å². The van der Waals surface area contributed by atoms with Crippen LogP contribution in [0, 0.1) is 0 Å². The lowest BCUT2D eigenvalue weighted by molar-refractivity contribution is 0.308. The third-order valence-electron chi connectivity index (χ3n) is 2.37. The maximum Gasteiger partial charge on any atom is 0.0312 e. The molecule has 0 radical (unpaired) electrons. The Kier molecular flexibility index (Phi) is 5.89. The van der Waals surface area contributed by atoms with Crippen LogP contribution in [0.3, 0.4) is 0 Å². The maximum atomic E-state index is 4.11. The molecule has 17 heavy (non-hydrogen) atoms. The molecule has 0 spiro atoms. The fourth-order valence-electron chi connectivity index (χ4n) is 1.52. The molecule has 1 aromatic heterocycles. The van der Waals surface area contributed by atoms with Gasteiger partial charge in [0.2, 0.25) is 0 Å². The van der Waals surface area contributed by atoms with E-state index in [4.69, 9.17) is 0 Å². The molecule has 0 N–H and O–H groups in total. The molecule has 0 saturated heterocycles. The minimum Gasteiger partial charge on any atom is -0.295 e. The van der Waals surface area contributed by atoms with Crippen LogP contribution < -0.4 is 0 Å². The fraction of sp³-hybridized carbons (Fsp3) is 0.286. The highest BCUT2D eigenvalue weighted by Gasteiger charge is 2.04. The van der Waals surface area contributed by atoms with Gasteiger partial charge in [0.25, 0.3) is 0 Å². The molecular formula is C14H19N3. The van der Waals surface area contributed by atoms with E-state index >= 15 is 0 Å². The Morgan fingerprint density at radius 2 is 2.41 bits per heavy atom. The third-order valence-corrected chi connectivity index (χ3v) is 2.37. The van der Waals surface area contributed by atoms with Crippen LogP contribution in [0.5, 0.6) is 0 Å². The van der Waals surface area contributed by atoms with Gasteiger partial charge in [0.15, 0.2) is 0 Å². The van der Waals surface area contributed by atoms with Crippen molar-refractivity contribution in [2.45, 2.75) is 13.5 Å². The second-order valence-corrected chi connectivity index (χ2v) is 3.78. The van der Waals surface area contributed by atoms with E-state index in [0.717, 1.165) is 25.2 Å². The summed E-state index contributed by atoms with van der Waals surface area (Å²) in [6.45, 7) is 12.3. The van der Waals surface area contributed by atoms with Crippen molar-refractivity contribution in [3.05, 3.63) is 55.0 Å². The number of aromatic nitrogens is 1. The van der Waals surface area contributed by atoms with Gasteiger partial charge in [0.1, 0.15) is 0 Å². The van der Waals surface area contributed by atoms with Crippen molar-refractivity contribution in [3.63, 3.8) is 0 Å². The van der Waals surface area contributed by atoms with E-state index in [9.17, 15) is 0 Å². The van der Waals surface area contributed by atoms with Crippen LogP contribution in [0.2, 0.25) is 0 Å². The molecule has 3 nitrogen and oxygen atoms in total. The van der Waals surface area contributed by atoms with E-state index in [-0.39, 0.29) is 0 Å². The SMILES string of the molecule is C=CN=CC(=C)CN(CC)Cc1cccnc1. The summed E-state index contributed by atoms with van der Waals surface area (Å²) in [4.78, 5) is 10.4. The van der Waals surface area contributed by atoms with Gasteiger partial charge in [-0.3, -0.25) is 14.9 Å². The Morgan fingerprint density at radius 3 is 3.00 bits per heavy atom. The first-order valence-corrected chi connectivity index (χ1v) is 5.69. The minimum atomic E-state index is 0.808. The predicted octanol–water partition coefficient (Wildman–Crippen LogP) is 2.67. The standard InChI is InChI=1S/C14H19N3/c1-4-15-9-13(3)11-17(5-2)12-14-7-6-8-16-10-14/h4,6-10H,1,3,5,11-12H2,2H3. The lowest BCUT2D eigenvalue weighted by atomic mass is 10.2. The summed E-state index contributed by atoms with van der Waals surface area (Å²) in [6.07, 6.45) is 6.94. The van der Waals surface area contributed by atoms with E-state index in [1.165, 1.54) is 11.8 Å². The average Bonchev–Trinajstić information content (AvgIpc) is 2.36. The molecule has 0 unspecified atom stereocenters. The van der Waals surface area contributed by atoms with Gasteiger partial charge in [-0.05, 0) is 23.7 Å². The summed E-state index contributed by atoms with van der Waals surface area (Å²) >= 11 is 0. The number of hydrogen-bond donors (Lipinski definition) is 0. The average molecular weight is 229 g/mol.